The lowest BCUT2D eigenvalue weighted by Crippen LogP contribution is -2.29. The maximum Gasteiger partial charge on any atom is 0.251 e. The summed E-state index contributed by atoms with van der Waals surface area (Å²) in [6.45, 7) is 5.97. The Hall–Kier alpha value is -1.90. The molecule has 0 bridgehead atoms. The maximum atomic E-state index is 12.0. The first-order chi connectivity index (χ1) is 15.5. The van der Waals surface area contributed by atoms with E-state index in [4.69, 9.17) is 19.9 Å². The van der Waals surface area contributed by atoms with Crippen molar-refractivity contribution >= 4 is 33.4 Å². The number of benzene rings is 1. The Morgan fingerprint density at radius 2 is 2.03 bits per heavy atom. The Kier molecular flexibility index (Phi) is 15.5. The first kappa shape index (κ1) is 28.1. The molecule has 2 amide bonds. The minimum absolute atomic E-state index is 0.0391. The lowest BCUT2D eigenvalue weighted by atomic mass is 10.2. The molecule has 0 saturated heterocycles. The molecule has 8 nitrogen and oxygen atoms in total. The van der Waals surface area contributed by atoms with E-state index >= 15 is 0 Å². The Labute approximate surface area is 198 Å². The van der Waals surface area contributed by atoms with Crippen molar-refractivity contribution in [1.82, 2.24) is 10.6 Å². The average Bonchev–Trinajstić information content (AvgIpc) is 2.78. The van der Waals surface area contributed by atoms with Crippen LogP contribution in [0.5, 0.6) is 5.75 Å². The Morgan fingerprint density at radius 1 is 1.22 bits per heavy atom. The van der Waals surface area contributed by atoms with Crippen LogP contribution in [0.1, 0.15) is 24.2 Å². The highest BCUT2D eigenvalue weighted by Crippen LogP contribution is 2.25. The Balaban J connectivity index is 2.32. The van der Waals surface area contributed by atoms with Crippen molar-refractivity contribution in [2.45, 2.75) is 19.3 Å². The molecule has 178 valence electrons. The number of carbonyl (C=O) groups excluding carboxylic acids is 2. The van der Waals surface area contributed by atoms with Gasteiger partial charge in [-0.25, -0.2) is 0 Å². The van der Waals surface area contributed by atoms with Gasteiger partial charge in [0.05, 0.1) is 19.8 Å². The normalized spacial score (nSPS) is 11.4. The summed E-state index contributed by atoms with van der Waals surface area (Å²) in [6, 6.07) is 6.94. The van der Waals surface area contributed by atoms with Crippen LogP contribution < -0.4 is 21.1 Å². The standard InChI is InChI=1S/C22H33N3O5S2/c1-17(2)6-5-10-24-20(26)15-28-12-13-29-21(32-31-3)16-30-19-8-4-7-18(14-19)22(27)25-11-9-23/h4,7-8,14,17,21H,9-13,15-16,23H2,1-3H3,(H,24,26)(H,25,27)/t21-/m0/s1. The van der Waals surface area contributed by atoms with Crippen molar-refractivity contribution < 1.29 is 23.8 Å². The number of hydrogen-bond donors (Lipinski definition) is 3. The van der Waals surface area contributed by atoms with Crippen molar-refractivity contribution in [3.63, 3.8) is 0 Å². The largest absolute Gasteiger partial charge is 0.490 e. The molecule has 0 fully saturated rings. The summed E-state index contributed by atoms with van der Waals surface area (Å²) in [5, 5.41) is 5.41. The van der Waals surface area contributed by atoms with Crippen molar-refractivity contribution in [2.24, 2.45) is 11.7 Å². The zero-order valence-corrected chi connectivity index (χ0v) is 20.5. The van der Waals surface area contributed by atoms with E-state index in [0.717, 1.165) is 0 Å². The number of ether oxygens (including phenoxy) is 3. The molecule has 0 aliphatic carbocycles. The van der Waals surface area contributed by atoms with Gasteiger partial charge >= 0.3 is 0 Å². The minimum Gasteiger partial charge on any atom is -0.490 e. The second kappa shape index (κ2) is 17.6. The minimum atomic E-state index is -0.233. The van der Waals surface area contributed by atoms with Gasteiger partial charge in [-0.2, -0.15) is 0 Å². The molecule has 1 aromatic rings. The van der Waals surface area contributed by atoms with Gasteiger partial charge in [-0.15, -0.1) is 0 Å². The highest BCUT2D eigenvalue weighted by Gasteiger charge is 2.12. The molecule has 0 spiro atoms. The van der Waals surface area contributed by atoms with E-state index in [1.54, 1.807) is 35.1 Å². The second-order valence-electron chi connectivity index (χ2n) is 6.75. The van der Waals surface area contributed by atoms with Crippen LogP contribution in [0.2, 0.25) is 0 Å². The smallest absolute Gasteiger partial charge is 0.251 e. The van der Waals surface area contributed by atoms with Crippen molar-refractivity contribution in [3.8, 4) is 17.6 Å². The fourth-order valence-electron chi connectivity index (χ4n) is 2.24. The van der Waals surface area contributed by atoms with E-state index in [2.05, 4.69) is 22.5 Å². The third-order valence-electron chi connectivity index (χ3n) is 3.65. The van der Waals surface area contributed by atoms with Gasteiger partial charge in [-0.3, -0.25) is 9.59 Å². The SMILES string of the molecule is CSS[C@@H](COc1cccc(C(=O)NCCN)c1)OCCOCC(=O)NCC#CC(C)C. The van der Waals surface area contributed by atoms with Crippen LogP contribution in [0, 0.1) is 17.8 Å². The van der Waals surface area contributed by atoms with E-state index in [1.807, 2.05) is 20.1 Å². The summed E-state index contributed by atoms with van der Waals surface area (Å²) < 4.78 is 16.9. The van der Waals surface area contributed by atoms with Gasteiger partial charge in [0, 0.05) is 24.6 Å². The topological polar surface area (TPSA) is 112 Å². The molecule has 0 aliphatic rings. The number of nitrogens with two attached hydrogens (primary N) is 1. The van der Waals surface area contributed by atoms with Crippen LogP contribution in [0.4, 0.5) is 0 Å². The van der Waals surface area contributed by atoms with Gasteiger partial charge in [0.1, 0.15) is 24.4 Å². The third-order valence-corrected chi connectivity index (χ3v) is 5.55. The second-order valence-corrected chi connectivity index (χ2v) is 9.38. The molecule has 4 N–H and O–H groups in total. The van der Waals surface area contributed by atoms with Gasteiger partial charge in [0.25, 0.3) is 5.91 Å². The Morgan fingerprint density at radius 3 is 2.75 bits per heavy atom. The van der Waals surface area contributed by atoms with Crippen LogP contribution in [0.25, 0.3) is 0 Å². The van der Waals surface area contributed by atoms with E-state index in [9.17, 15) is 9.59 Å². The number of hydrogen-bond acceptors (Lipinski definition) is 8. The lowest BCUT2D eigenvalue weighted by Gasteiger charge is -2.17. The summed E-state index contributed by atoms with van der Waals surface area (Å²) in [7, 11) is 3.09. The third kappa shape index (κ3) is 13.5. The Bertz CT molecular complexity index is 753. The molecule has 32 heavy (non-hydrogen) atoms. The summed E-state index contributed by atoms with van der Waals surface area (Å²) in [5.41, 5.74) is 5.68. The summed E-state index contributed by atoms with van der Waals surface area (Å²) in [5.74, 6) is 6.31. The fourth-order valence-corrected chi connectivity index (χ4v) is 3.71. The van der Waals surface area contributed by atoms with Crippen molar-refractivity contribution in [3.05, 3.63) is 29.8 Å². The van der Waals surface area contributed by atoms with E-state index in [1.165, 1.54) is 10.8 Å². The summed E-state index contributed by atoms with van der Waals surface area (Å²) >= 11 is 0. The van der Waals surface area contributed by atoms with Gasteiger partial charge in [0.2, 0.25) is 5.91 Å². The number of amides is 2. The van der Waals surface area contributed by atoms with E-state index in [0.29, 0.717) is 44.2 Å². The van der Waals surface area contributed by atoms with Crippen LogP contribution in [0.15, 0.2) is 24.3 Å². The van der Waals surface area contributed by atoms with E-state index in [-0.39, 0.29) is 36.4 Å². The molecular weight excluding hydrogens is 450 g/mol. The molecule has 0 unspecified atom stereocenters. The van der Waals surface area contributed by atoms with Crippen molar-refractivity contribution in [2.75, 3.05) is 52.3 Å². The van der Waals surface area contributed by atoms with Crippen LogP contribution in [-0.2, 0) is 14.3 Å². The zero-order valence-electron chi connectivity index (χ0n) is 18.8. The molecule has 1 atom stereocenters. The number of carbonyl (C=O) groups is 2. The maximum absolute atomic E-state index is 12.0. The molecule has 1 aromatic carbocycles. The predicted octanol–water partition coefficient (Wildman–Crippen LogP) is 1.90. The van der Waals surface area contributed by atoms with Crippen LogP contribution in [-0.4, -0.2) is 69.6 Å². The highest BCUT2D eigenvalue weighted by atomic mass is 33.1. The summed E-state index contributed by atoms with van der Waals surface area (Å²) in [6.07, 6.45) is 1.95. The fraction of sp³-hybridized carbons (Fsp3) is 0.545. The number of rotatable bonds is 15. The number of nitrogens with one attached hydrogen (secondary N) is 2. The van der Waals surface area contributed by atoms with Crippen molar-refractivity contribution in [1.29, 1.82) is 0 Å². The molecule has 1 rings (SSSR count). The average molecular weight is 484 g/mol. The van der Waals surface area contributed by atoms with Gasteiger partial charge in [-0.05, 0) is 24.5 Å². The quantitative estimate of drug-likeness (QED) is 0.150. The first-order valence-electron chi connectivity index (χ1n) is 10.3. The van der Waals surface area contributed by atoms with Gasteiger partial charge in [-0.1, -0.05) is 53.3 Å². The first-order valence-corrected chi connectivity index (χ1v) is 12.9. The molecule has 0 heterocycles. The monoisotopic (exact) mass is 483 g/mol. The molecule has 0 radical (unpaired) electrons. The summed E-state index contributed by atoms with van der Waals surface area (Å²) in [4.78, 5) is 23.7. The van der Waals surface area contributed by atoms with E-state index < -0.39 is 0 Å². The highest BCUT2D eigenvalue weighted by molar-refractivity contribution is 8.76. The van der Waals surface area contributed by atoms with Crippen LogP contribution >= 0.6 is 21.6 Å². The lowest BCUT2D eigenvalue weighted by molar-refractivity contribution is -0.126. The molecular formula is C22H33N3O5S2. The molecule has 0 saturated carbocycles. The molecule has 10 heteroatoms. The van der Waals surface area contributed by atoms with Gasteiger partial charge < -0.3 is 30.6 Å². The molecule has 0 aromatic heterocycles. The zero-order chi connectivity index (χ0) is 23.6. The van der Waals surface area contributed by atoms with Gasteiger partial charge in [0.15, 0.2) is 0 Å². The predicted molar refractivity (Wildman–Crippen MR) is 131 cm³/mol. The molecule has 0 aliphatic heterocycles. The van der Waals surface area contributed by atoms with Crippen LogP contribution in [0.3, 0.4) is 0 Å².